The molecule has 25 heavy (non-hydrogen) atoms. The fourth-order valence-corrected chi connectivity index (χ4v) is 2.53. The Morgan fingerprint density at radius 1 is 1.12 bits per heavy atom. The van der Waals surface area contributed by atoms with Crippen molar-refractivity contribution in [3.05, 3.63) is 32.9 Å². The number of nitrogens with zero attached hydrogens (tertiary/aromatic N) is 1. The Morgan fingerprint density at radius 2 is 1.80 bits per heavy atom. The summed E-state index contributed by atoms with van der Waals surface area (Å²) < 4.78 is 5.12. The minimum absolute atomic E-state index is 0.0434. The third kappa shape index (κ3) is 6.15. The Labute approximate surface area is 147 Å². The van der Waals surface area contributed by atoms with Crippen LogP contribution in [0.3, 0.4) is 0 Å². The largest absolute Gasteiger partial charge is 0.507 e. The van der Waals surface area contributed by atoms with Crippen molar-refractivity contribution in [3.63, 3.8) is 0 Å². The van der Waals surface area contributed by atoms with E-state index in [2.05, 4.69) is 10.4 Å². The molecule has 0 aliphatic rings. The molecule has 0 aromatic heterocycles. The predicted molar refractivity (Wildman–Crippen MR) is 94.0 cm³/mol. The fraction of sp³-hybridized carbons (Fsp3) is 0.529. The van der Waals surface area contributed by atoms with Gasteiger partial charge in [-0.3, -0.25) is 0 Å². The zero-order chi connectivity index (χ0) is 18.8. The second-order valence-corrected chi connectivity index (χ2v) is 5.71. The molecule has 3 N–H and O–H groups in total. The molecule has 0 aliphatic carbocycles. The lowest BCUT2D eigenvalue weighted by atomic mass is 10.00. The van der Waals surface area contributed by atoms with Crippen molar-refractivity contribution >= 4 is 6.08 Å². The summed E-state index contributed by atoms with van der Waals surface area (Å²) in [6.07, 6.45) is 8.29. The van der Waals surface area contributed by atoms with Gasteiger partial charge < -0.3 is 14.9 Å². The SMILES string of the molecule is COc1c(C)c(O)c(C=CCCCCCCNO[N+](=O)[O-])c(C)c1O. The smallest absolute Gasteiger partial charge is 0.311 e. The third-order valence-corrected chi connectivity index (χ3v) is 3.95. The average Bonchev–Trinajstić information content (AvgIpc) is 2.57. The number of phenolic OH excluding ortho intramolecular Hbond substituents is 2. The summed E-state index contributed by atoms with van der Waals surface area (Å²) >= 11 is 0. The first kappa shape index (κ1) is 20.6. The normalized spacial score (nSPS) is 11.0. The summed E-state index contributed by atoms with van der Waals surface area (Å²) in [6, 6.07) is 0. The first-order valence-electron chi connectivity index (χ1n) is 8.20. The van der Waals surface area contributed by atoms with Crippen molar-refractivity contribution in [3.8, 4) is 17.2 Å². The first-order valence-corrected chi connectivity index (χ1v) is 8.20. The van der Waals surface area contributed by atoms with Gasteiger partial charge in [0.05, 0.1) is 7.11 Å². The number of aromatic hydroxyl groups is 2. The van der Waals surface area contributed by atoms with Crippen LogP contribution in [0.15, 0.2) is 6.08 Å². The third-order valence-electron chi connectivity index (χ3n) is 3.95. The van der Waals surface area contributed by atoms with Gasteiger partial charge in [-0.05, 0) is 33.1 Å². The highest BCUT2D eigenvalue weighted by Crippen LogP contribution is 2.42. The van der Waals surface area contributed by atoms with E-state index >= 15 is 0 Å². The number of unbranched alkanes of at least 4 members (excludes halogenated alkanes) is 4. The molecule has 0 saturated heterocycles. The highest BCUT2D eigenvalue weighted by Gasteiger charge is 2.17. The number of hydroxylamine groups is 1. The standard InChI is InChI=1S/C17H26N2O6/c1-12-14(15(20)13(2)17(24-3)16(12)21)10-8-6-4-5-7-9-11-18-25-19(22)23/h8,10,18,20-21H,4-7,9,11H2,1-3H3. The number of rotatable bonds is 11. The number of allylic oxidation sites excluding steroid dienone is 1. The van der Waals surface area contributed by atoms with Crippen LogP contribution in [0.4, 0.5) is 0 Å². The Balaban J connectivity index is 2.41. The molecule has 8 heteroatoms. The van der Waals surface area contributed by atoms with Crippen LogP contribution in [0.25, 0.3) is 6.08 Å². The van der Waals surface area contributed by atoms with Crippen molar-refractivity contribution in [1.29, 1.82) is 0 Å². The van der Waals surface area contributed by atoms with E-state index in [0.29, 0.717) is 29.0 Å². The van der Waals surface area contributed by atoms with Gasteiger partial charge in [0.2, 0.25) is 0 Å². The van der Waals surface area contributed by atoms with Crippen molar-refractivity contribution in [1.82, 2.24) is 5.48 Å². The fourth-order valence-electron chi connectivity index (χ4n) is 2.53. The molecular weight excluding hydrogens is 328 g/mol. The highest BCUT2D eigenvalue weighted by atomic mass is 17.0. The molecule has 0 aliphatic heterocycles. The maximum absolute atomic E-state index is 10.3. The number of nitrogens with one attached hydrogen (secondary N) is 1. The van der Waals surface area contributed by atoms with Crippen molar-refractivity contribution in [2.45, 2.75) is 46.0 Å². The van der Waals surface area contributed by atoms with Crippen LogP contribution in [0.2, 0.25) is 0 Å². The number of phenols is 2. The molecule has 0 atom stereocenters. The van der Waals surface area contributed by atoms with E-state index in [1.807, 2.05) is 12.2 Å². The number of methoxy groups -OCH3 is 1. The molecule has 0 amide bonds. The second-order valence-electron chi connectivity index (χ2n) is 5.71. The maximum atomic E-state index is 10.3. The van der Waals surface area contributed by atoms with Gasteiger partial charge in [0.15, 0.2) is 11.5 Å². The lowest BCUT2D eigenvalue weighted by Crippen LogP contribution is -2.19. The molecule has 0 spiro atoms. The summed E-state index contributed by atoms with van der Waals surface area (Å²) in [5, 5.41) is 29.4. The minimum atomic E-state index is -0.874. The number of ether oxygens (including phenoxy) is 1. The zero-order valence-electron chi connectivity index (χ0n) is 14.9. The monoisotopic (exact) mass is 354 g/mol. The topological polar surface area (TPSA) is 114 Å². The summed E-state index contributed by atoms with van der Waals surface area (Å²) in [5.41, 5.74) is 3.95. The molecule has 1 rings (SSSR count). The number of benzene rings is 1. The van der Waals surface area contributed by atoms with Crippen molar-refractivity contribution in [2.75, 3.05) is 13.7 Å². The second kappa shape index (κ2) is 10.4. The Kier molecular flexibility index (Phi) is 8.55. The van der Waals surface area contributed by atoms with Gasteiger partial charge in [-0.1, -0.05) is 25.0 Å². The van der Waals surface area contributed by atoms with Gasteiger partial charge in [-0.25, -0.2) is 4.94 Å². The molecule has 0 fully saturated rings. The molecular formula is C17H26N2O6. The van der Waals surface area contributed by atoms with E-state index in [1.54, 1.807) is 13.8 Å². The minimum Gasteiger partial charge on any atom is -0.507 e. The van der Waals surface area contributed by atoms with Crippen LogP contribution in [0, 0.1) is 24.0 Å². The van der Waals surface area contributed by atoms with E-state index < -0.39 is 5.09 Å². The van der Waals surface area contributed by atoms with Crippen LogP contribution in [-0.4, -0.2) is 29.0 Å². The molecule has 1 aromatic rings. The van der Waals surface area contributed by atoms with Gasteiger partial charge in [0, 0.05) is 23.2 Å². The van der Waals surface area contributed by atoms with E-state index in [4.69, 9.17) is 4.74 Å². The Morgan fingerprint density at radius 3 is 2.44 bits per heavy atom. The van der Waals surface area contributed by atoms with Gasteiger partial charge in [0.1, 0.15) is 5.75 Å². The summed E-state index contributed by atoms with van der Waals surface area (Å²) in [4.78, 5) is 13.9. The van der Waals surface area contributed by atoms with Crippen molar-refractivity contribution in [2.24, 2.45) is 0 Å². The van der Waals surface area contributed by atoms with Crippen LogP contribution < -0.4 is 10.2 Å². The lowest BCUT2D eigenvalue weighted by molar-refractivity contribution is -0.776. The van der Waals surface area contributed by atoms with Crippen LogP contribution in [0.1, 0.15) is 48.8 Å². The van der Waals surface area contributed by atoms with E-state index in [1.165, 1.54) is 7.11 Å². The van der Waals surface area contributed by atoms with Gasteiger partial charge in [-0.15, -0.1) is 10.1 Å². The van der Waals surface area contributed by atoms with E-state index in [-0.39, 0.29) is 11.5 Å². The lowest BCUT2D eigenvalue weighted by Gasteiger charge is -2.14. The summed E-state index contributed by atoms with van der Waals surface area (Å²) in [7, 11) is 1.45. The van der Waals surface area contributed by atoms with E-state index in [0.717, 1.165) is 32.1 Å². The van der Waals surface area contributed by atoms with Crippen LogP contribution in [0.5, 0.6) is 17.2 Å². The highest BCUT2D eigenvalue weighted by molar-refractivity contribution is 5.70. The van der Waals surface area contributed by atoms with Gasteiger partial charge in [-0.2, -0.15) is 5.48 Å². The van der Waals surface area contributed by atoms with E-state index in [9.17, 15) is 20.3 Å². The summed E-state index contributed by atoms with van der Waals surface area (Å²) in [6.45, 7) is 3.87. The Bertz CT molecular complexity index is 587. The Hall–Kier alpha value is -2.48. The first-order chi connectivity index (χ1) is 11.9. The molecule has 0 saturated carbocycles. The number of hydrogen-bond acceptors (Lipinski definition) is 7. The molecule has 0 radical (unpaired) electrons. The van der Waals surface area contributed by atoms with Crippen LogP contribution in [-0.2, 0) is 4.94 Å². The molecule has 0 unspecified atom stereocenters. The molecule has 0 heterocycles. The zero-order valence-corrected chi connectivity index (χ0v) is 14.9. The molecule has 0 bridgehead atoms. The van der Waals surface area contributed by atoms with Crippen LogP contribution >= 0.6 is 0 Å². The average molecular weight is 354 g/mol. The molecule has 140 valence electrons. The number of hydrogen-bond donors (Lipinski definition) is 3. The molecule has 8 nitrogen and oxygen atoms in total. The van der Waals surface area contributed by atoms with Crippen molar-refractivity contribution < 1.29 is 25.0 Å². The molecule has 1 aromatic carbocycles. The quantitative estimate of drug-likeness (QED) is 0.241. The maximum Gasteiger partial charge on any atom is 0.311 e. The van der Waals surface area contributed by atoms with Gasteiger partial charge in [0.25, 0.3) is 0 Å². The predicted octanol–water partition coefficient (Wildman–Crippen LogP) is 3.40. The summed E-state index contributed by atoms with van der Waals surface area (Å²) in [5.74, 6) is 0.448. The van der Waals surface area contributed by atoms with Gasteiger partial charge >= 0.3 is 5.09 Å².